The van der Waals surface area contributed by atoms with Crippen molar-refractivity contribution in [1.82, 2.24) is 23.9 Å². The predicted molar refractivity (Wildman–Crippen MR) is 130 cm³/mol. The first-order chi connectivity index (χ1) is 17.1. The van der Waals surface area contributed by atoms with Crippen molar-refractivity contribution in [1.29, 1.82) is 10.5 Å². The predicted octanol–water partition coefficient (Wildman–Crippen LogP) is 3.88. The third-order valence-corrected chi connectivity index (χ3v) is 6.29. The molecule has 0 spiro atoms. The highest BCUT2D eigenvalue weighted by Crippen LogP contribution is 2.34. The van der Waals surface area contributed by atoms with Crippen molar-refractivity contribution in [3.8, 4) is 29.0 Å². The van der Waals surface area contributed by atoms with E-state index in [4.69, 9.17) is 15.0 Å². The van der Waals surface area contributed by atoms with Gasteiger partial charge in [0.1, 0.15) is 24.2 Å². The number of hydrogen-bond donors (Lipinski definition) is 1. The molecule has 35 heavy (non-hydrogen) atoms. The van der Waals surface area contributed by atoms with E-state index < -0.39 is 0 Å². The Labute approximate surface area is 201 Å². The van der Waals surface area contributed by atoms with Crippen molar-refractivity contribution >= 4 is 22.7 Å². The van der Waals surface area contributed by atoms with Crippen LogP contribution in [-0.4, -0.2) is 30.5 Å². The lowest BCUT2D eigenvalue weighted by Gasteiger charge is -2.13. The molecule has 0 bridgehead atoms. The summed E-state index contributed by atoms with van der Waals surface area (Å²) in [6.45, 7) is -0.0973. The zero-order valence-electron chi connectivity index (χ0n) is 19.3. The number of nitrogens with one attached hydrogen (secondary N) is 1. The molecule has 0 atom stereocenters. The number of imidazole rings is 1. The molecule has 0 amide bonds. The fourth-order valence-electron chi connectivity index (χ4n) is 4.71. The molecule has 3 aromatic heterocycles. The Balaban J connectivity index is 1.52. The van der Waals surface area contributed by atoms with Gasteiger partial charge in [0.15, 0.2) is 12.3 Å². The first-order valence-electron chi connectivity index (χ1n) is 11.5. The van der Waals surface area contributed by atoms with Gasteiger partial charge < -0.3 is 10.1 Å². The summed E-state index contributed by atoms with van der Waals surface area (Å²) in [5, 5.41) is 25.7. The third-order valence-electron chi connectivity index (χ3n) is 6.29. The average molecular weight is 469 g/mol. The Bertz CT molecular complexity index is 1530. The van der Waals surface area contributed by atoms with Crippen molar-refractivity contribution < 1.29 is 4.74 Å². The molecule has 0 radical (unpaired) electrons. The van der Waals surface area contributed by atoms with Crippen LogP contribution >= 0.6 is 0 Å². The topological polar surface area (TPSA) is 126 Å². The van der Waals surface area contributed by atoms with E-state index in [2.05, 4.69) is 16.5 Å². The SMILES string of the molecule is Cn1cc(-c2ccc(Nc3ccc4c(n3)n(C3CCCC3)c(=O)n4CC#N)cc2OCC#N)cn1. The van der Waals surface area contributed by atoms with Crippen LogP contribution in [0, 0.1) is 22.7 Å². The molecule has 10 nitrogen and oxygen atoms in total. The highest BCUT2D eigenvalue weighted by atomic mass is 16.5. The summed E-state index contributed by atoms with van der Waals surface area (Å²) in [4.78, 5) is 17.9. The number of ether oxygens (including phenoxy) is 1. The van der Waals surface area contributed by atoms with Gasteiger partial charge in [-0.05, 0) is 37.1 Å². The fraction of sp³-hybridized carbons (Fsp3) is 0.320. The fourth-order valence-corrected chi connectivity index (χ4v) is 4.71. The Kier molecular flexibility index (Phi) is 5.94. The minimum Gasteiger partial charge on any atom is -0.478 e. The highest BCUT2D eigenvalue weighted by molar-refractivity contribution is 5.77. The number of aryl methyl sites for hydroxylation is 1. The summed E-state index contributed by atoms with van der Waals surface area (Å²) in [5.41, 5.74) is 3.47. The standard InChI is InChI=1S/C25H24N8O2/c1-31-16-17(15-28-31)20-7-6-18(14-22(20)35-13-11-27)29-23-9-8-21-24(30-23)33(19-4-2-3-5-19)25(34)32(21)12-10-26/h6-9,14-16,19H,2-5,12-13H2,1H3,(H,29,30). The molecule has 0 saturated heterocycles. The molecular formula is C25H24N8O2. The average Bonchev–Trinajstić information content (AvgIpc) is 3.59. The van der Waals surface area contributed by atoms with Gasteiger partial charge in [-0.2, -0.15) is 15.6 Å². The van der Waals surface area contributed by atoms with Crippen molar-refractivity contribution in [3.63, 3.8) is 0 Å². The number of anilines is 2. The van der Waals surface area contributed by atoms with Gasteiger partial charge in [0, 0.05) is 42.2 Å². The normalized spacial score (nSPS) is 13.6. The third kappa shape index (κ3) is 4.22. The van der Waals surface area contributed by atoms with Gasteiger partial charge in [0.2, 0.25) is 0 Å². The maximum absolute atomic E-state index is 13.1. The molecule has 0 aliphatic heterocycles. The van der Waals surface area contributed by atoms with Crippen LogP contribution in [0.5, 0.6) is 5.75 Å². The second kappa shape index (κ2) is 9.35. The number of benzene rings is 1. The largest absolute Gasteiger partial charge is 0.478 e. The molecule has 4 aromatic rings. The molecule has 1 N–H and O–H groups in total. The minimum atomic E-state index is -0.189. The smallest absolute Gasteiger partial charge is 0.331 e. The van der Waals surface area contributed by atoms with Crippen LogP contribution in [0.3, 0.4) is 0 Å². The lowest BCUT2D eigenvalue weighted by atomic mass is 10.1. The van der Waals surface area contributed by atoms with Gasteiger partial charge in [-0.1, -0.05) is 12.8 Å². The van der Waals surface area contributed by atoms with Crippen LogP contribution in [0.25, 0.3) is 22.3 Å². The van der Waals surface area contributed by atoms with Crippen LogP contribution in [0.15, 0.2) is 47.5 Å². The second-order valence-corrected chi connectivity index (χ2v) is 8.56. The van der Waals surface area contributed by atoms with Gasteiger partial charge >= 0.3 is 5.69 Å². The zero-order chi connectivity index (χ0) is 24.4. The number of nitriles is 2. The number of rotatable bonds is 7. The summed E-state index contributed by atoms with van der Waals surface area (Å²) in [5.74, 6) is 1.12. The summed E-state index contributed by atoms with van der Waals surface area (Å²) in [6.07, 6.45) is 7.64. The Morgan fingerprint density at radius 3 is 2.71 bits per heavy atom. The van der Waals surface area contributed by atoms with E-state index in [1.54, 1.807) is 21.5 Å². The van der Waals surface area contributed by atoms with Crippen molar-refractivity contribution in [2.24, 2.45) is 7.05 Å². The summed E-state index contributed by atoms with van der Waals surface area (Å²) in [6, 6.07) is 13.4. The second-order valence-electron chi connectivity index (χ2n) is 8.56. The number of nitrogens with zero attached hydrogens (tertiary/aromatic N) is 7. The molecule has 5 rings (SSSR count). The summed E-state index contributed by atoms with van der Waals surface area (Å²) < 4.78 is 10.6. The number of aromatic nitrogens is 5. The van der Waals surface area contributed by atoms with Crippen LogP contribution in [0.2, 0.25) is 0 Å². The van der Waals surface area contributed by atoms with E-state index in [0.717, 1.165) is 42.5 Å². The lowest BCUT2D eigenvalue weighted by molar-refractivity contribution is 0.370. The van der Waals surface area contributed by atoms with Crippen LogP contribution < -0.4 is 15.7 Å². The molecule has 1 saturated carbocycles. The van der Waals surface area contributed by atoms with E-state index in [0.29, 0.717) is 22.7 Å². The molecule has 1 aliphatic carbocycles. The summed E-state index contributed by atoms with van der Waals surface area (Å²) in [7, 11) is 1.84. The molecule has 1 aliphatic rings. The van der Waals surface area contributed by atoms with Crippen LogP contribution in [0.4, 0.5) is 11.5 Å². The number of fused-ring (bicyclic) bond motifs is 1. The molecule has 1 aromatic carbocycles. The zero-order valence-corrected chi connectivity index (χ0v) is 19.3. The van der Waals surface area contributed by atoms with Gasteiger partial charge in [-0.15, -0.1) is 0 Å². The van der Waals surface area contributed by atoms with Gasteiger partial charge in [0.25, 0.3) is 0 Å². The monoisotopic (exact) mass is 468 g/mol. The maximum atomic E-state index is 13.1. The van der Waals surface area contributed by atoms with E-state index in [1.807, 2.05) is 43.6 Å². The summed E-state index contributed by atoms with van der Waals surface area (Å²) >= 11 is 0. The molecule has 3 heterocycles. The van der Waals surface area contributed by atoms with Crippen LogP contribution in [0.1, 0.15) is 31.7 Å². The van der Waals surface area contributed by atoms with E-state index in [-0.39, 0.29) is 24.9 Å². The quantitative estimate of drug-likeness (QED) is 0.436. The van der Waals surface area contributed by atoms with Crippen molar-refractivity contribution in [3.05, 3.63) is 53.2 Å². The number of pyridine rings is 1. The first kappa shape index (κ1) is 22.2. The maximum Gasteiger partial charge on any atom is 0.331 e. The molecule has 176 valence electrons. The first-order valence-corrected chi connectivity index (χ1v) is 11.5. The highest BCUT2D eigenvalue weighted by Gasteiger charge is 2.24. The van der Waals surface area contributed by atoms with Gasteiger partial charge in [0.05, 0.1) is 17.8 Å². The molecule has 0 unspecified atom stereocenters. The Hall–Kier alpha value is -4.57. The van der Waals surface area contributed by atoms with Crippen molar-refractivity contribution in [2.75, 3.05) is 11.9 Å². The number of hydrogen-bond acceptors (Lipinski definition) is 7. The Morgan fingerprint density at radius 2 is 2.00 bits per heavy atom. The van der Waals surface area contributed by atoms with Gasteiger partial charge in [-0.25, -0.2) is 9.78 Å². The lowest BCUT2D eigenvalue weighted by Crippen LogP contribution is -2.26. The molecule has 10 heteroatoms. The van der Waals surface area contributed by atoms with Crippen molar-refractivity contribution in [2.45, 2.75) is 38.3 Å². The molecular weight excluding hydrogens is 444 g/mol. The van der Waals surface area contributed by atoms with E-state index in [1.165, 1.54) is 4.57 Å². The molecule has 1 fully saturated rings. The van der Waals surface area contributed by atoms with Crippen LogP contribution in [-0.2, 0) is 13.6 Å². The van der Waals surface area contributed by atoms with E-state index in [9.17, 15) is 10.1 Å². The van der Waals surface area contributed by atoms with E-state index >= 15 is 0 Å². The minimum absolute atomic E-state index is 0.0150. The van der Waals surface area contributed by atoms with Gasteiger partial charge in [-0.3, -0.25) is 13.8 Å². The Morgan fingerprint density at radius 1 is 1.17 bits per heavy atom.